The van der Waals surface area contributed by atoms with Gasteiger partial charge in [-0.05, 0) is 18.1 Å². The van der Waals surface area contributed by atoms with E-state index in [4.69, 9.17) is 0 Å². The van der Waals surface area contributed by atoms with Crippen molar-refractivity contribution in [3.05, 3.63) is 47.0 Å². The molecule has 0 saturated heterocycles. The minimum Gasteiger partial charge on any atom is -0.289 e. The molecule has 2 N–H and O–H groups in total. The Hall–Kier alpha value is -3.02. The molecule has 0 atom stereocenters. The molecule has 2 aliphatic rings. The number of aryl methyl sites for hydroxylation is 1. The molecule has 1 aromatic rings. The lowest BCUT2D eigenvalue weighted by Gasteiger charge is -2.10. The smallest absolute Gasteiger partial charge is 0.258 e. The van der Waals surface area contributed by atoms with Crippen LogP contribution in [0.5, 0.6) is 0 Å². The first kappa shape index (κ1) is 13.0. The van der Waals surface area contributed by atoms with Crippen LogP contribution in [0.3, 0.4) is 0 Å². The Balaban J connectivity index is 2.19. The summed E-state index contributed by atoms with van der Waals surface area (Å²) in [5, 5.41) is 4.33. The zero-order valence-corrected chi connectivity index (χ0v) is 11.0. The van der Waals surface area contributed by atoms with Crippen LogP contribution in [0.1, 0.15) is 16.7 Å². The van der Waals surface area contributed by atoms with E-state index in [1.807, 2.05) is 6.92 Å². The molecule has 4 amide bonds. The summed E-state index contributed by atoms with van der Waals surface area (Å²) < 4.78 is 0. The topological polar surface area (TPSA) is 92.3 Å². The molecule has 2 heterocycles. The van der Waals surface area contributed by atoms with Gasteiger partial charge in [0, 0.05) is 12.2 Å². The number of hydrogen-bond donors (Lipinski definition) is 2. The maximum absolute atomic E-state index is 11.8. The van der Waals surface area contributed by atoms with Gasteiger partial charge in [0.15, 0.2) is 0 Å². The van der Waals surface area contributed by atoms with Gasteiger partial charge in [-0.15, -0.1) is 0 Å². The molecule has 3 rings (SSSR count). The molecule has 6 heteroatoms. The van der Waals surface area contributed by atoms with Crippen molar-refractivity contribution in [3.63, 3.8) is 0 Å². The highest BCUT2D eigenvalue weighted by Crippen LogP contribution is 2.30. The van der Waals surface area contributed by atoms with E-state index in [-0.39, 0.29) is 11.1 Å². The maximum atomic E-state index is 11.8. The van der Waals surface area contributed by atoms with Crippen molar-refractivity contribution >= 4 is 34.8 Å². The fourth-order valence-electron chi connectivity index (χ4n) is 2.34. The van der Waals surface area contributed by atoms with E-state index in [9.17, 15) is 19.2 Å². The Morgan fingerprint density at radius 2 is 1.29 bits per heavy atom. The van der Waals surface area contributed by atoms with Gasteiger partial charge in [0.05, 0.1) is 11.1 Å². The van der Waals surface area contributed by atoms with E-state index < -0.39 is 23.6 Å². The first-order valence-corrected chi connectivity index (χ1v) is 6.21. The van der Waals surface area contributed by atoms with Crippen LogP contribution in [0.25, 0.3) is 11.1 Å². The predicted molar refractivity (Wildman–Crippen MR) is 73.4 cm³/mol. The average Bonchev–Trinajstić information content (AvgIpc) is 2.91. The monoisotopic (exact) mass is 282 g/mol. The molecule has 1 aromatic carbocycles. The zero-order valence-electron chi connectivity index (χ0n) is 11.0. The van der Waals surface area contributed by atoms with Gasteiger partial charge in [0.2, 0.25) is 0 Å². The molecule has 0 aliphatic carbocycles. The van der Waals surface area contributed by atoms with Crippen LogP contribution in [0.15, 0.2) is 30.4 Å². The second-order valence-corrected chi connectivity index (χ2v) is 4.80. The van der Waals surface area contributed by atoms with Crippen LogP contribution in [0.4, 0.5) is 0 Å². The highest BCUT2D eigenvalue weighted by Gasteiger charge is 2.29. The molecular formula is C15H10N2O4. The van der Waals surface area contributed by atoms with Crippen molar-refractivity contribution in [1.29, 1.82) is 0 Å². The molecule has 21 heavy (non-hydrogen) atoms. The number of hydrogen-bond acceptors (Lipinski definition) is 4. The van der Waals surface area contributed by atoms with Crippen LogP contribution in [0, 0.1) is 6.92 Å². The highest BCUT2D eigenvalue weighted by molar-refractivity contribution is 6.37. The standard InChI is InChI=1S/C15H10N2O4/c1-7-2-3-8(10-5-12(18)16-14(10)20)9(4-7)11-6-13(19)17-15(11)21/h2-6H,1H3,(H,16,18,20)(H,17,19,21). The van der Waals surface area contributed by atoms with Crippen molar-refractivity contribution in [1.82, 2.24) is 10.6 Å². The second kappa shape index (κ2) is 4.52. The van der Waals surface area contributed by atoms with Gasteiger partial charge in [-0.1, -0.05) is 23.8 Å². The first-order chi connectivity index (χ1) is 9.95. The lowest BCUT2D eigenvalue weighted by molar-refractivity contribution is -0.124. The molecule has 2 aliphatic heterocycles. The Bertz CT molecular complexity index is 787. The molecule has 0 aromatic heterocycles. The van der Waals surface area contributed by atoms with Crippen molar-refractivity contribution in [2.24, 2.45) is 0 Å². The summed E-state index contributed by atoms with van der Waals surface area (Å²) in [7, 11) is 0. The molecule has 0 spiro atoms. The molecule has 0 fully saturated rings. The number of benzene rings is 1. The fraction of sp³-hybridized carbons (Fsp3) is 0.0667. The Kier molecular flexibility index (Phi) is 2.79. The third-order valence-corrected chi connectivity index (χ3v) is 3.27. The van der Waals surface area contributed by atoms with Crippen LogP contribution in [-0.2, 0) is 19.2 Å². The zero-order chi connectivity index (χ0) is 15.1. The van der Waals surface area contributed by atoms with E-state index >= 15 is 0 Å². The molecule has 0 radical (unpaired) electrons. The summed E-state index contributed by atoms with van der Waals surface area (Å²) in [5.74, 6) is -2.03. The second-order valence-electron chi connectivity index (χ2n) is 4.80. The average molecular weight is 282 g/mol. The minimum atomic E-state index is -0.518. The van der Waals surface area contributed by atoms with Crippen LogP contribution in [-0.4, -0.2) is 23.6 Å². The lowest BCUT2D eigenvalue weighted by Crippen LogP contribution is -2.23. The Morgan fingerprint density at radius 3 is 1.76 bits per heavy atom. The van der Waals surface area contributed by atoms with E-state index in [1.165, 1.54) is 12.2 Å². The number of nitrogens with one attached hydrogen (secondary N) is 2. The molecule has 0 unspecified atom stereocenters. The van der Waals surface area contributed by atoms with Gasteiger partial charge in [0.1, 0.15) is 0 Å². The third kappa shape index (κ3) is 2.16. The van der Waals surface area contributed by atoms with Gasteiger partial charge in [-0.3, -0.25) is 29.8 Å². The summed E-state index contributed by atoms with van der Waals surface area (Å²) in [6.07, 6.45) is 2.38. The van der Waals surface area contributed by atoms with Crippen molar-refractivity contribution < 1.29 is 19.2 Å². The number of carbonyl (C=O) groups is 4. The van der Waals surface area contributed by atoms with Crippen molar-refractivity contribution in [2.45, 2.75) is 6.92 Å². The fourth-order valence-corrected chi connectivity index (χ4v) is 2.34. The molecule has 6 nitrogen and oxygen atoms in total. The molecule has 104 valence electrons. The lowest BCUT2D eigenvalue weighted by atomic mass is 9.93. The van der Waals surface area contributed by atoms with E-state index in [0.29, 0.717) is 11.1 Å². The SMILES string of the molecule is Cc1ccc(C2=CC(=O)NC2=O)c(C2=CC(=O)NC2=O)c1. The summed E-state index contributed by atoms with van der Waals surface area (Å²) in [6.45, 7) is 1.83. The van der Waals surface area contributed by atoms with Crippen LogP contribution < -0.4 is 10.6 Å². The third-order valence-electron chi connectivity index (χ3n) is 3.27. The van der Waals surface area contributed by atoms with E-state index in [2.05, 4.69) is 10.6 Å². The molecule has 0 saturated carbocycles. The predicted octanol–water partition coefficient (Wildman–Crippen LogP) is 0.0746. The van der Waals surface area contributed by atoms with Gasteiger partial charge < -0.3 is 0 Å². The molecule has 0 bridgehead atoms. The maximum Gasteiger partial charge on any atom is 0.258 e. The summed E-state index contributed by atoms with van der Waals surface area (Å²) >= 11 is 0. The largest absolute Gasteiger partial charge is 0.289 e. The number of rotatable bonds is 2. The number of carbonyl (C=O) groups excluding carboxylic acids is 4. The summed E-state index contributed by atoms with van der Waals surface area (Å²) in [4.78, 5) is 46.2. The van der Waals surface area contributed by atoms with Gasteiger partial charge in [-0.2, -0.15) is 0 Å². The van der Waals surface area contributed by atoms with Gasteiger partial charge in [-0.25, -0.2) is 0 Å². The normalized spacial score (nSPS) is 17.6. The summed E-state index contributed by atoms with van der Waals surface area (Å²) in [6, 6.07) is 5.13. The summed E-state index contributed by atoms with van der Waals surface area (Å²) in [5.41, 5.74) is 2.14. The van der Waals surface area contributed by atoms with E-state index in [0.717, 1.165) is 5.56 Å². The van der Waals surface area contributed by atoms with Crippen molar-refractivity contribution in [3.8, 4) is 0 Å². The Labute approximate surface area is 119 Å². The first-order valence-electron chi connectivity index (χ1n) is 6.21. The van der Waals surface area contributed by atoms with Crippen LogP contribution >= 0.6 is 0 Å². The van der Waals surface area contributed by atoms with Gasteiger partial charge in [0.25, 0.3) is 23.6 Å². The highest BCUT2D eigenvalue weighted by atomic mass is 16.2. The van der Waals surface area contributed by atoms with Crippen LogP contribution in [0.2, 0.25) is 0 Å². The van der Waals surface area contributed by atoms with Gasteiger partial charge >= 0.3 is 0 Å². The van der Waals surface area contributed by atoms with Crippen molar-refractivity contribution in [2.75, 3.05) is 0 Å². The minimum absolute atomic E-state index is 0.183. The number of amides is 4. The van der Waals surface area contributed by atoms with E-state index in [1.54, 1.807) is 18.2 Å². The molecular weight excluding hydrogens is 272 g/mol. The quantitative estimate of drug-likeness (QED) is 0.751. The Morgan fingerprint density at radius 1 is 0.762 bits per heavy atom. The number of imide groups is 2.